The number of hydrazone groups is 1. The number of hydrogen-bond acceptors (Lipinski definition) is 5. The van der Waals surface area contributed by atoms with Gasteiger partial charge in [-0.25, -0.2) is 0 Å². The van der Waals surface area contributed by atoms with Crippen molar-refractivity contribution < 1.29 is 0 Å². The van der Waals surface area contributed by atoms with E-state index < -0.39 is 0 Å². The van der Waals surface area contributed by atoms with Gasteiger partial charge in [0.1, 0.15) is 12.0 Å². The molecule has 1 unspecified atom stereocenters. The molecule has 1 atom stereocenters. The fourth-order valence-corrected chi connectivity index (χ4v) is 5.15. The number of rotatable bonds is 3. The molecule has 2 heterocycles. The Kier molecular flexibility index (Phi) is 3.77. The van der Waals surface area contributed by atoms with Crippen molar-refractivity contribution in [3.63, 3.8) is 0 Å². The summed E-state index contributed by atoms with van der Waals surface area (Å²) in [4.78, 5) is 3.43. The monoisotopic (exact) mass is 327 g/mol. The average Bonchev–Trinajstić information content (AvgIpc) is 3.12. The van der Waals surface area contributed by atoms with Crippen LogP contribution in [0.15, 0.2) is 10.5 Å². The predicted octanol–water partition coefficient (Wildman–Crippen LogP) is 3.70. The molecule has 3 nitrogen and oxygen atoms in total. The molecule has 0 aromatic carbocycles. The van der Waals surface area contributed by atoms with Crippen LogP contribution in [0.3, 0.4) is 0 Å². The van der Waals surface area contributed by atoms with Crippen molar-refractivity contribution >= 4 is 46.4 Å². The van der Waals surface area contributed by atoms with E-state index in [1.807, 2.05) is 0 Å². The van der Waals surface area contributed by atoms with Crippen LogP contribution in [-0.4, -0.2) is 29.3 Å². The molecular formula is C14H18ClN3S2. The van der Waals surface area contributed by atoms with Crippen molar-refractivity contribution in [1.29, 1.82) is 0 Å². The Bertz CT molecular complexity index is 561. The molecule has 1 aliphatic carbocycles. The highest BCUT2D eigenvalue weighted by atomic mass is 35.5. The van der Waals surface area contributed by atoms with Gasteiger partial charge in [-0.2, -0.15) is 5.10 Å². The summed E-state index contributed by atoms with van der Waals surface area (Å²) in [7, 11) is 2.06. The lowest BCUT2D eigenvalue weighted by Gasteiger charge is -2.33. The zero-order chi connectivity index (χ0) is 14.3. The van der Waals surface area contributed by atoms with E-state index in [-0.39, 0.29) is 11.6 Å². The van der Waals surface area contributed by atoms with Crippen LogP contribution in [0, 0.1) is 6.92 Å². The molecule has 0 spiro atoms. The first-order valence-electron chi connectivity index (χ1n) is 6.86. The van der Waals surface area contributed by atoms with E-state index in [0.717, 1.165) is 23.7 Å². The molecule has 0 radical (unpaired) electrons. The first kappa shape index (κ1) is 14.3. The van der Waals surface area contributed by atoms with E-state index in [9.17, 15) is 0 Å². The maximum absolute atomic E-state index is 6.56. The minimum Gasteiger partial charge on any atom is -0.335 e. The Morgan fingerprint density at radius 2 is 2.25 bits per heavy atom. The van der Waals surface area contributed by atoms with Crippen LogP contribution in [0.5, 0.6) is 0 Å². The van der Waals surface area contributed by atoms with Crippen molar-refractivity contribution in [2.45, 2.75) is 44.2 Å². The van der Waals surface area contributed by atoms with Gasteiger partial charge >= 0.3 is 0 Å². The van der Waals surface area contributed by atoms with Crippen molar-refractivity contribution in [3.8, 4) is 0 Å². The van der Waals surface area contributed by atoms with Crippen LogP contribution in [0.4, 0.5) is 0 Å². The van der Waals surface area contributed by atoms with Crippen LogP contribution < -0.4 is 5.43 Å². The molecule has 0 saturated heterocycles. The maximum Gasteiger partial charge on any atom is 0.145 e. The van der Waals surface area contributed by atoms with Crippen molar-refractivity contribution in [3.05, 3.63) is 20.8 Å². The molecule has 0 bridgehead atoms. The van der Waals surface area contributed by atoms with Crippen LogP contribution in [0.1, 0.15) is 36.1 Å². The van der Waals surface area contributed by atoms with Gasteiger partial charge in [-0.1, -0.05) is 36.7 Å². The summed E-state index contributed by atoms with van der Waals surface area (Å²) in [5, 5.41) is 9.38. The summed E-state index contributed by atoms with van der Waals surface area (Å²) >= 11 is 13.4. The highest BCUT2D eigenvalue weighted by Gasteiger charge is 2.47. The lowest BCUT2D eigenvalue weighted by Crippen LogP contribution is -2.46. The Balaban J connectivity index is 2.06. The predicted molar refractivity (Wildman–Crippen MR) is 90.0 cm³/mol. The standard InChI is InChI=1S/C14H18ClN3S2/c1-9-8-20-12(11(9)15)14(5-3-4-6-14)13-17-16-10(7-19)18(13)2/h7-8,10,16H,3-6H2,1-2H3. The molecule has 1 aromatic rings. The van der Waals surface area contributed by atoms with Gasteiger partial charge in [-0.3, -0.25) is 5.43 Å². The SMILES string of the molecule is Cc1csc(C2(C3=NNC(C=S)N3C)CCCC2)c1Cl. The summed E-state index contributed by atoms with van der Waals surface area (Å²) < 4.78 is 0. The topological polar surface area (TPSA) is 27.6 Å². The second-order valence-electron chi connectivity index (χ2n) is 5.61. The second-order valence-corrected chi connectivity index (χ2v) is 7.14. The number of thiophene rings is 1. The number of halogens is 1. The fraction of sp³-hybridized carbons (Fsp3) is 0.571. The van der Waals surface area contributed by atoms with Gasteiger partial charge in [0.05, 0.1) is 10.4 Å². The number of likely N-dealkylation sites (N-methyl/N-ethyl adjacent to an activating group) is 1. The van der Waals surface area contributed by atoms with Gasteiger partial charge < -0.3 is 4.90 Å². The number of amidine groups is 1. The molecule has 0 amide bonds. The largest absolute Gasteiger partial charge is 0.335 e. The van der Waals surface area contributed by atoms with Gasteiger partial charge in [-0.15, -0.1) is 11.3 Å². The molecule has 20 heavy (non-hydrogen) atoms. The lowest BCUT2D eigenvalue weighted by molar-refractivity contribution is 0.415. The molecule has 1 N–H and O–H groups in total. The third kappa shape index (κ3) is 1.98. The van der Waals surface area contributed by atoms with Gasteiger partial charge in [0.15, 0.2) is 0 Å². The van der Waals surface area contributed by atoms with E-state index >= 15 is 0 Å². The Morgan fingerprint density at radius 3 is 2.75 bits per heavy atom. The number of nitrogens with one attached hydrogen (secondary N) is 1. The normalized spacial score (nSPS) is 24.6. The molecule has 3 rings (SSSR count). The van der Waals surface area contributed by atoms with E-state index in [2.05, 4.69) is 34.8 Å². The molecule has 108 valence electrons. The summed E-state index contributed by atoms with van der Waals surface area (Å²) in [5.41, 5.74) is 4.25. The van der Waals surface area contributed by atoms with Gasteiger partial charge in [0.25, 0.3) is 0 Å². The van der Waals surface area contributed by atoms with Crippen LogP contribution >= 0.6 is 35.2 Å². The number of nitrogens with zero attached hydrogens (tertiary/aromatic N) is 2. The van der Waals surface area contributed by atoms with Crippen LogP contribution in [-0.2, 0) is 5.41 Å². The highest BCUT2D eigenvalue weighted by molar-refractivity contribution is 7.79. The first-order chi connectivity index (χ1) is 9.60. The molecule has 1 aliphatic heterocycles. The number of aryl methyl sites for hydroxylation is 1. The van der Waals surface area contributed by atoms with Crippen molar-refractivity contribution in [2.75, 3.05) is 7.05 Å². The van der Waals surface area contributed by atoms with Crippen molar-refractivity contribution in [1.82, 2.24) is 10.3 Å². The Hall–Kier alpha value is -0.650. The Labute approximate surface area is 134 Å². The van der Waals surface area contributed by atoms with E-state index in [0.29, 0.717) is 0 Å². The van der Waals surface area contributed by atoms with Crippen LogP contribution in [0.25, 0.3) is 0 Å². The van der Waals surface area contributed by atoms with Crippen molar-refractivity contribution in [2.24, 2.45) is 5.10 Å². The Morgan fingerprint density at radius 1 is 1.55 bits per heavy atom. The molecule has 1 fully saturated rings. The van der Waals surface area contributed by atoms with E-state index in [1.165, 1.54) is 23.3 Å². The zero-order valence-corrected chi connectivity index (χ0v) is 14.0. The minimum atomic E-state index is -0.0369. The molecule has 2 aliphatic rings. The lowest BCUT2D eigenvalue weighted by atomic mass is 9.82. The number of hydrogen-bond donors (Lipinski definition) is 1. The summed E-state index contributed by atoms with van der Waals surface area (Å²) in [5.74, 6) is 1.09. The molecular weight excluding hydrogens is 310 g/mol. The molecule has 6 heteroatoms. The van der Waals surface area contributed by atoms with Gasteiger partial charge in [0.2, 0.25) is 0 Å². The van der Waals surface area contributed by atoms with E-state index in [1.54, 1.807) is 16.7 Å². The minimum absolute atomic E-state index is 0.0114. The summed E-state index contributed by atoms with van der Waals surface area (Å²) in [6.07, 6.45) is 4.69. The third-order valence-corrected chi connectivity index (χ3v) is 6.56. The zero-order valence-electron chi connectivity index (χ0n) is 11.6. The average molecular weight is 328 g/mol. The summed E-state index contributed by atoms with van der Waals surface area (Å²) in [6, 6.07) is 0. The van der Waals surface area contributed by atoms with E-state index in [4.69, 9.17) is 23.8 Å². The highest BCUT2D eigenvalue weighted by Crippen LogP contribution is 2.49. The molecule has 1 saturated carbocycles. The second kappa shape index (κ2) is 5.28. The fourth-order valence-electron chi connectivity index (χ4n) is 3.27. The van der Waals surface area contributed by atoms with Crippen LogP contribution in [0.2, 0.25) is 5.02 Å². The first-order valence-corrected chi connectivity index (χ1v) is 8.59. The summed E-state index contributed by atoms with van der Waals surface area (Å²) in [6.45, 7) is 2.07. The maximum atomic E-state index is 6.56. The third-order valence-electron chi connectivity index (χ3n) is 4.40. The van der Waals surface area contributed by atoms with Gasteiger partial charge in [0, 0.05) is 17.3 Å². The van der Waals surface area contributed by atoms with Gasteiger partial charge in [-0.05, 0) is 30.7 Å². The quantitative estimate of drug-likeness (QED) is 0.858. The number of thiocarbonyl (C=S) groups is 1. The smallest absolute Gasteiger partial charge is 0.145 e. The molecule has 1 aromatic heterocycles.